The molecule has 1 heterocycles. The fourth-order valence-corrected chi connectivity index (χ4v) is 1.62. The summed E-state index contributed by atoms with van der Waals surface area (Å²) in [6, 6.07) is 3.94. The van der Waals surface area contributed by atoms with Crippen LogP contribution in [0.3, 0.4) is 0 Å². The Morgan fingerprint density at radius 3 is 2.32 bits per heavy atom. The second kappa shape index (κ2) is 5.09. The number of hydrogen-bond donors (Lipinski definition) is 0. The highest BCUT2D eigenvalue weighted by molar-refractivity contribution is 6.12. The van der Waals surface area contributed by atoms with Crippen LogP contribution < -0.4 is 0 Å². The van der Waals surface area contributed by atoms with Gasteiger partial charge in [0.25, 0.3) is 0 Å². The van der Waals surface area contributed by atoms with Gasteiger partial charge in [-0.2, -0.15) is 5.10 Å². The van der Waals surface area contributed by atoms with Crippen molar-refractivity contribution in [3.63, 3.8) is 0 Å². The molecule has 0 aliphatic carbocycles. The van der Waals surface area contributed by atoms with Gasteiger partial charge in [0.05, 0.1) is 6.42 Å². The van der Waals surface area contributed by atoms with Gasteiger partial charge in [0, 0.05) is 24.9 Å². The smallest absolute Gasteiger partial charge is 0.190 e. The quantitative estimate of drug-likeness (QED) is 0.628. The second-order valence-corrected chi connectivity index (χ2v) is 4.06. The molecule has 0 atom stereocenters. The van der Waals surface area contributed by atoms with Crippen molar-refractivity contribution in [2.24, 2.45) is 7.05 Å². The molecule has 0 radical (unpaired) electrons. The lowest BCUT2D eigenvalue weighted by atomic mass is 10.0. The van der Waals surface area contributed by atoms with Gasteiger partial charge in [0.15, 0.2) is 11.6 Å². The lowest BCUT2D eigenvalue weighted by molar-refractivity contribution is 0.0890. The van der Waals surface area contributed by atoms with Crippen molar-refractivity contribution in [3.8, 4) is 0 Å². The van der Waals surface area contributed by atoms with Gasteiger partial charge in [-0.25, -0.2) is 8.78 Å². The van der Waals surface area contributed by atoms with Gasteiger partial charge in [-0.05, 0) is 18.2 Å². The average Bonchev–Trinajstić information content (AvgIpc) is 2.74. The maximum absolute atomic E-state index is 13.0. The van der Waals surface area contributed by atoms with Crippen LogP contribution >= 0.6 is 0 Å². The summed E-state index contributed by atoms with van der Waals surface area (Å²) in [5, 5.41) is 3.86. The van der Waals surface area contributed by atoms with Crippen molar-refractivity contribution in [2.45, 2.75) is 6.42 Å². The molecule has 0 aliphatic rings. The third kappa shape index (κ3) is 3.09. The Balaban J connectivity index is 2.15. The fourth-order valence-electron chi connectivity index (χ4n) is 1.62. The second-order valence-electron chi connectivity index (χ2n) is 4.06. The van der Waals surface area contributed by atoms with Crippen LogP contribution in [0.25, 0.3) is 0 Å². The van der Waals surface area contributed by atoms with E-state index in [1.54, 1.807) is 13.2 Å². The number of nitrogens with zero attached hydrogens (tertiary/aromatic N) is 2. The van der Waals surface area contributed by atoms with Gasteiger partial charge < -0.3 is 0 Å². The van der Waals surface area contributed by atoms with Crippen molar-refractivity contribution in [1.82, 2.24) is 9.78 Å². The van der Waals surface area contributed by atoms with Gasteiger partial charge in [-0.1, -0.05) is 0 Å². The SMILES string of the molecule is Cn1ccc(C(=O)CC(=O)c2cc(F)cc(F)c2)n1. The maximum Gasteiger partial charge on any atom is 0.190 e. The Morgan fingerprint density at radius 1 is 1.16 bits per heavy atom. The molecule has 0 amide bonds. The monoisotopic (exact) mass is 264 g/mol. The number of aryl methyl sites for hydroxylation is 1. The van der Waals surface area contributed by atoms with Crippen LogP contribution in [-0.4, -0.2) is 21.3 Å². The van der Waals surface area contributed by atoms with Gasteiger partial charge in [0.2, 0.25) is 0 Å². The number of Topliss-reactive ketones (excluding diaryl/α,β-unsaturated/α-hetero) is 2. The lowest BCUT2D eigenvalue weighted by Crippen LogP contribution is -2.10. The first-order chi connectivity index (χ1) is 8.95. The summed E-state index contributed by atoms with van der Waals surface area (Å²) in [5.74, 6) is -2.84. The van der Waals surface area contributed by atoms with Crippen LogP contribution in [-0.2, 0) is 7.05 Å². The van der Waals surface area contributed by atoms with E-state index in [9.17, 15) is 18.4 Å². The number of rotatable bonds is 4. The molecule has 0 spiro atoms. The molecular weight excluding hydrogens is 254 g/mol. The molecule has 0 saturated carbocycles. The third-order valence-corrected chi connectivity index (χ3v) is 2.50. The van der Waals surface area contributed by atoms with Crippen LogP contribution in [0.4, 0.5) is 8.78 Å². The molecule has 0 saturated heterocycles. The van der Waals surface area contributed by atoms with Gasteiger partial charge >= 0.3 is 0 Å². The normalized spacial score (nSPS) is 10.5. The molecule has 2 rings (SSSR count). The first-order valence-electron chi connectivity index (χ1n) is 5.48. The minimum atomic E-state index is -0.853. The molecule has 2 aromatic rings. The van der Waals surface area contributed by atoms with Crippen molar-refractivity contribution in [3.05, 3.63) is 53.4 Å². The Bertz CT molecular complexity index is 630. The van der Waals surface area contributed by atoms with E-state index in [1.165, 1.54) is 10.7 Å². The van der Waals surface area contributed by atoms with Crippen LogP contribution in [0.5, 0.6) is 0 Å². The molecule has 98 valence electrons. The van der Waals surface area contributed by atoms with Crippen molar-refractivity contribution in [2.75, 3.05) is 0 Å². The van der Waals surface area contributed by atoms with E-state index in [0.29, 0.717) is 6.07 Å². The summed E-state index contributed by atoms with van der Waals surface area (Å²) in [6.45, 7) is 0. The van der Waals surface area contributed by atoms with Gasteiger partial charge in [-0.3, -0.25) is 14.3 Å². The van der Waals surface area contributed by atoms with Gasteiger partial charge in [0.1, 0.15) is 17.3 Å². The Hall–Kier alpha value is -2.37. The molecule has 1 aromatic heterocycles. The summed E-state index contributed by atoms with van der Waals surface area (Å²) in [5.41, 5.74) is -0.0190. The molecule has 0 N–H and O–H groups in total. The summed E-state index contributed by atoms with van der Waals surface area (Å²) in [6.07, 6.45) is 1.10. The summed E-state index contributed by atoms with van der Waals surface area (Å²) < 4.78 is 27.3. The Kier molecular flexibility index (Phi) is 3.50. The van der Waals surface area contributed by atoms with E-state index < -0.39 is 29.6 Å². The van der Waals surface area contributed by atoms with E-state index in [4.69, 9.17) is 0 Å². The van der Waals surface area contributed by atoms with Crippen LogP contribution in [0.1, 0.15) is 27.3 Å². The van der Waals surface area contributed by atoms with Crippen LogP contribution in [0.15, 0.2) is 30.5 Å². The van der Waals surface area contributed by atoms with E-state index in [-0.39, 0.29) is 11.3 Å². The molecule has 4 nitrogen and oxygen atoms in total. The van der Waals surface area contributed by atoms with Crippen molar-refractivity contribution in [1.29, 1.82) is 0 Å². The number of benzene rings is 1. The van der Waals surface area contributed by atoms with Crippen LogP contribution in [0.2, 0.25) is 0 Å². The summed E-state index contributed by atoms with van der Waals surface area (Å²) >= 11 is 0. The number of ketones is 2. The number of halogens is 2. The summed E-state index contributed by atoms with van der Waals surface area (Å²) in [4.78, 5) is 23.5. The van der Waals surface area contributed by atoms with Gasteiger partial charge in [-0.15, -0.1) is 0 Å². The highest BCUT2D eigenvalue weighted by Gasteiger charge is 2.16. The zero-order chi connectivity index (χ0) is 14.0. The number of carbonyl (C=O) groups excluding carboxylic acids is 2. The molecular formula is C13H10F2N2O2. The summed E-state index contributed by atoms with van der Waals surface area (Å²) in [7, 11) is 1.64. The minimum Gasteiger partial charge on any atom is -0.294 e. The highest BCUT2D eigenvalue weighted by atomic mass is 19.1. The number of aromatic nitrogens is 2. The number of carbonyl (C=O) groups is 2. The maximum atomic E-state index is 13.0. The molecule has 1 aromatic carbocycles. The molecule has 0 fully saturated rings. The largest absolute Gasteiger partial charge is 0.294 e. The fraction of sp³-hybridized carbons (Fsp3) is 0.154. The first kappa shape index (κ1) is 13.1. The van der Waals surface area contributed by atoms with E-state index >= 15 is 0 Å². The molecule has 0 aliphatic heterocycles. The molecule has 0 unspecified atom stereocenters. The minimum absolute atomic E-state index is 0.146. The standard InChI is InChI=1S/C13H10F2N2O2/c1-17-3-2-11(16-17)13(19)7-12(18)8-4-9(14)6-10(15)5-8/h2-6H,7H2,1H3. The van der Waals surface area contributed by atoms with Crippen molar-refractivity contribution >= 4 is 11.6 Å². The molecule has 0 bridgehead atoms. The van der Waals surface area contributed by atoms with E-state index in [1.807, 2.05) is 0 Å². The third-order valence-electron chi connectivity index (χ3n) is 2.50. The Labute approximate surface area is 107 Å². The number of hydrogen-bond acceptors (Lipinski definition) is 3. The molecule has 19 heavy (non-hydrogen) atoms. The zero-order valence-electron chi connectivity index (χ0n) is 10.1. The van der Waals surface area contributed by atoms with Crippen LogP contribution in [0, 0.1) is 11.6 Å². The van der Waals surface area contributed by atoms with E-state index in [0.717, 1.165) is 12.1 Å². The topological polar surface area (TPSA) is 52.0 Å². The predicted molar refractivity (Wildman–Crippen MR) is 62.8 cm³/mol. The lowest BCUT2D eigenvalue weighted by Gasteiger charge is -2.00. The predicted octanol–water partition coefficient (Wildman–Crippen LogP) is 2.15. The average molecular weight is 264 g/mol. The first-order valence-corrected chi connectivity index (χ1v) is 5.48. The van der Waals surface area contributed by atoms with E-state index in [2.05, 4.69) is 5.10 Å². The Morgan fingerprint density at radius 2 is 1.79 bits per heavy atom. The molecule has 6 heteroatoms. The highest BCUT2D eigenvalue weighted by Crippen LogP contribution is 2.11. The zero-order valence-corrected chi connectivity index (χ0v) is 10.1. The van der Waals surface area contributed by atoms with Crippen molar-refractivity contribution < 1.29 is 18.4 Å².